The highest BCUT2D eigenvalue weighted by Crippen LogP contribution is 2.27. The summed E-state index contributed by atoms with van der Waals surface area (Å²) in [4.78, 5) is 14.8. The molecule has 0 saturated carbocycles. The number of aromatic nitrogens is 2. The third-order valence-electron chi connectivity index (χ3n) is 4.58. The maximum absolute atomic E-state index is 12.9. The molecule has 2 heterocycles. The van der Waals surface area contributed by atoms with Gasteiger partial charge < -0.3 is 10.6 Å². The summed E-state index contributed by atoms with van der Waals surface area (Å²) < 4.78 is 1.72. The van der Waals surface area contributed by atoms with Gasteiger partial charge in [-0.15, -0.1) is 0 Å². The lowest BCUT2D eigenvalue weighted by Gasteiger charge is -2.21. The second kappa shape index (κ2) is 6.34. The van der Waals surface area contributed by atoms with Crippen molar-refractivity contribution in [2.24, 2.45) is 11.7 Å². The molecule has 5 nitrogen and oxygen atoms in total. The van der Waals surface area contributed by atoms with Crippen molar-refractivity contribution in [3.63, 3.8) is 0 Å². The van der Waals surface area contributed by atoms with E-state index in [9.17, 15) is 4.79 Å². The number of halogens is 1. The van der Waals surface area contributed by atoms with Gasteiger partial charge in [-0.3, -0.25) is 4.79 Å². The Morgan fingerprint density at radius 3 is 2.83 bits per heavy atom. The second-order valence-electron chi connectivity index (χ2n) is 6.15. The van der Waals surface area contributed by atoms with Gasteiger partial charge in [0.2, 0.25) is 0 Å². The van der Waals surface area contributed by atoms with E-state index in [1.165, 1.54) is 0 Å². The van der Waals surface area contributed by atoms with Crippen molar-refractivity contribution >= 4 is 17.5 Å². The Morgan fingerprint density at radius 2 is 2.17 bits per heavy atom. The quantitative estimate of drug-likeness (QED) is 0.939. The van der Waals surface area contributed by atoms with Gasteiger partial charge in [0.1, 0.15) is 0 Å². The van der Waals surface area contributed by atoms with Gasteiger partial charge in [-0.1, -0.05) is 23.7 Å². The number of nitrogens with zero attached hydrogens (tertiary/aromatic N) is 3. The molecule has 2 atom stereocenters. The summed E-state index contributed by atoms with van der Waals surface area (Å²) in [5.41, 5.74) is 7.95. The molecule has 0 bridgehead atoms. The van der Waals surface area contributed by atoms with Crippen LogP contribution in [-0.4, -0.2) is 39.7 Å². The first-order chi connectivity index (χ1) is 11.0. The zero-order valence-electron chi connectivity index (χ0n) is 13.4. The zero-order valence-corrected chi connectivity index (χ0v) is 14.1. The van der Waals surface area contributed by atoms with E-state index in [4.69, 9.17) is 17.3 Å². The first kappa shape index (κ1) is 16.0. The number of likely N-dealkylation sites (tertiary alicyclic amines) is 1. The van der Waals surface area contributed by atoms with E-state index in [0.29, 0.717) is 29.6 Å². The molecule has 1 saturated heterocycles. The predicted octanol–water partition coefficient (Wildman–Crippen LogP) is 2.64. The van der Waals surface area contributed by atoms with Crippen LogP contribution in [0.5, 0.6) is 0 Å². The number of benzene rings is 1. The van der Waals surface area contributed by atoms with E-state index in [1.807, 2.05) is 36.1 Å². The van der Waals surface area contributed by atoms with Crippen molar-refractivity contribution in [1.82, 2.24) is 14.7 Å². The molecule has 1 aromatic carbocycles. The number of hydrogen-bond acceptors (Lipinski definition) is 3. The molecular formula is C17H21ClN4O. The van der Waals surface area contributed by atoms with Gasteiger partial charge in [-0.25, -0.2) is 4.68 Å². The predicted molar refractivity (Wildman–Crippen MR) is 91.0 cm³/mol. The molecule has 2 aromatic rings. The average molecular weight is 333 g/mol. The van der Waals surface area contributed by atoms with Crippen LogP contribution in [0.25, 0.3) is 5.69 Å². The molecule has 0 radical (unpaired) electrons. The van der Waals surface area contributed by atoms with Crippen molar-refractivity contribution in [3.05, 3.63) is 46.7 Å². The fourth-order valence-electron chi connectivity index (χ4n) is 3.24. The van der Waals surface area contributed by atoms with Crippen LogP contribution in [-0.2, 0) is 0 Å². The number of amides is 1. The Kier molecular flexibility index (Phi) is 4.41. The van der Waals surface area contributed by atoms with Crippen molar-refractivity contribution in [3.8, 4) is 5.69 Å². The maximum atomic E-state index is 12.9. The van der Waals surface area contributed by atoms with Crippen LogP contribution >= 0.6 is 11.6 Å². The maximum Gasteiger partial charge on any atom is 0.257 e. The molecule has 6 heteroatoms. The Balaban J connectivity index is 1.91. The van der Waals surface area contributed by atoms with Crippen LogP contribution in [0.4, 0.5) is 0 Å². The second-order valence-corrected chi connectivity index (χ2v) is 6.56. The van der Waals surface area contributed by atoms with Crippen LogP contribution in [0.1, 0.15) is 29.4 Å². The molecule has 2 unspecified atom stereocenters. The molecule has 122 valence electrons. The summed E-state index contributed by atoms with van der Waals surface area (Å²) in [6.45, 7) is 5.30. The average Bonchev–Trinajstić information content (AvgIpc) is 3.10. The topological polar surface area (TPSA) is 64.2 Å². The Hall–Kier alpha value is -1.85. The lowest BCUT2D eigenvalue weighted by molar-refractivity contribution is 0.0742. The van der Waals surface area contributed by atoms with Gasteiger partial charge in [0, 0.05) is 12.6 Å². The van der Waals surface area contributed by atoms with Crippen molar-refractivity contribution in [2.45, 2.75) is 26.3 Å². The molecular weight excluding hydrogens is 312 g/mol. The monoisotopic (exact) mass is 332 g/mol. The van der Waals surface area contributed by atoms with Gasteiger partial charge in [0.15, 0.2) is 0 Å². The third kappa shape index (κ3) is 2.86. The highest BCUT2D eigenvalue weighted by atomic mass is 35.5. The molecule has 23 heavy (non-hydrogen) atoms. The lowest BCUT2D eigenvalue weighted by Crippen LogP contribution is -2.34. The fourth-order valence-corrected chi connectivity index (χ4v) is 3.45. The number of hydrogen-bond donors (Lipinski definition) is 1. The number of rotatable bonds is 3. The van der Waals surface area contributed by atoms with E-state index >= 15 is 0 Å². The van der Waals surface area contributed by atoms with Crippen LogP contribution in [0.3, 0.4) is 0 Å². The smallest absolute Gasteiger partial charge is 0.257 e. The third-order valence-corrected chi connectivity index (χ3v) is 4.90. The van der Waals surface area contributed by atoms with Gasteiger partial charge in [0.25, 0.3) is 5.91 Å². The standard InChI is InChI=1S/C17H21ClN4O/c1-11-7-13(8-19)10-21(11)17(23)14-9-20-22(12(14)2)16-6-4-3-5-15(16)18/h3-6,9,11,13H,7-8,10,19H2,1-2H3. The number of para-hydroxylation sites is 1. The molecule has 2 N–H and O–H groups in total. The molecule has 1 amide bonds. The van der Waals surface area contributed by atoms with Gasteiger partial charge in [0.05, 0.1) is 28.2 Å². The van der Waals surface area contributed by atoms with Crippen LogP contribution in [0.2, 0.25) is 5.02 Å². The van der Waals surface area contributed by atoms with Crippen LogP contribution in [0.15, 0.2) is 30.5 Å². The summed E-state index contributed by atoms with van der Waals surface area (Å²) in [5, 5.41) is 4.97. The molecule has 3 rings (SSSR count). The van der Waals surface area contributed by atoms with Gasteiger partial charge >= 0.3 is 0 Å². The summed E-state index contributed by atoms with van der Waals surface area (Å²) in [5.74, 6) is 0.400. The molecule has 1 fully saturated rings. The highest BCUT2D eigenvalue weighted by molar-refractivity contribution is 6.32. The Bertz CT molecular complexity index is 727. The molecule has 0 spiro atoms. The van der Waals surface area contributed by atoms with Crippen LogP contribution in [0, 0.1) is 12.8 Å². The number of carbonyl (C=O) groups is 1. The normalized spacial score (nSPS) is 21.0. The van der Waals surface area contributed by atoms with Gasteiger partial charge in [-0.05, 0) is 44.9 Å². The fraction of sp³-hybridized carbons (Fsp3) is 0.412. The zero-order chi connectivity index (χ0) is 16.6. The molecule has 1 aromatic heterocycles. The first-order valence-corrected chi connectivity index (χ1v) is 8.21. The summed E-state index contributed by atoms with van der Waals surface area (Å²) in [6, 6.07) is 7.68. The van der Waals surface area contributed by atoms with E-state index < -0.39 is 0 Å². The number of carbonyl (C=O) groups excluding carboxylic acids is 1. The van der Waals surface area contributed by atoms with Gasteiger partial charge in [-0.2, -0.15) is 5.10 Å². The van der Waals surface area contributed by atoms with Crippen molar-refractivity contribution in [1.29, 1.82) is 0 Å². The Labute approximate surface area is 141 Å². The number of nitrogens with two attached hydrogens (primary N) is 1. The molecule has 1 aliphatic rings. The largest absolute Gasteiger partial charge is 0.335 e. The van der Waals surface area contributed by atoms with E-state index in [-0.39, 0.29) is 11.9 Å². The SMILES string of the molecule is Cc1c(C(=O)N2CC(CN)CC2C)cnn1-c1ccccc1Cl. The lowest BCUT2D eigenvalue weighted by atomic mass is 10.1. The summed E-state index contributed by atoms with van der Waals surface area (Å²) >= 11 is 6.24. The van der Waals surface area contributed by atoms with E-state index in [0.717, 1.165) is 17.8 Å². The minimum absolute atomic E-state index is 0.0178. The minimum atomic E-state index is 0.0178. The highest BCUT2D eigenvalue weighted by Gasteiger charge is 2.33. The summed E-state index contributed by atoms with van der Waals surface area (Å²) in [7, 11) is 0. The summed E-state index contributed by atoms with van der Waals surface area (Å²) in [6.07, 6.45) is 2.59. The molecule has 0 aliphatic carbocycles. The van der Waals surface area contributed by atoms with Crippen molar-refractivity contribution in [2.75, 3.05) is 13.1 Å². The van der Waals surface area contributed by atoms with Crippen molar-refractivity contribution < 1.29 is 4.79 Å². The first-order valence-electron chi connectivity index (χ1n) is 7.83. The molecule has 1 aliphatic heterocycles. The Morgan fingerprint density at radius 1 is 1.43 bits per heavy atom. The van der Waals surface area contributed by atoms with Crippen LogP contribution < -0.4 is 5.73 Å². The van der Waals surface area contributed by atoms with E-state index in [1.54, 1.807) is 10.9 Å². The minimum Gasteiger partial charge on any atom is -0.335 e. The van der Waals surface area contributed by atoms with E-state index in [2.05, 4.69) is 12.0 Å².